The molecule has 0 atom stereocenters. The molecule has 0 bridgehead atoms. The minimum atomic E-state index is -0.641. The fourth-order valence-electron chi connectivity index (χ4n) is 2.35. The highest BCUT2D eigenvalue weighted by Crippen LogP contribution is 2.35. The van der Waals surface area contributed by atoms with Crippen molar-refractivity contribution in [3.05, 3.63) is 17.7 Å². The Balaban J connectivity index is 2.03. The molecule has 1 amide bonds. The lowest BCUT2D eigenvalue weighted by molar-refractivity contribution is 0.0953. The van der Waals surface area contributed by atoms with Crippen LogP contribution in [0.25, 0.3) is 0 Å². The first-order valence-corrected chi connectivity index (χ1v) is 7.18. The molecule has 6 nitrogen and oxygen atoms in total. The molecule has 1 aromatic carbocycles. The van der Waals surface area contributed by atoms with Gasteiger partial charge < -0.3 is 15.3 Å². The van der Waals surface area contributed by atoms with Gasteiger partial charge in [0.05, 0.1) is 0 Å². The van der Waals surface area contributed by atoms with Crippen LogP contribution in [0.4, 0.5) is 0 Å². The molecular weight excluding hydrogens is 272 g/mol. The van der Waals surface area contributed by atoms with Gasteiger partial charge in [-0.1, -0.05) is 19.3 Å². The lowest BCUT2D eigenvalue weighted by Gasteiger charge is -2.11. The van der Waals surface area contributed by atoms with Crippen molar-refractivity contribution in [1.29, 1.82) is 0 Å². The summed E-state index contributed by atoms with van der Waals surface area (Å²) in [7, 11) is 0. The predicted molar refractivity (Wildman–Crippen MR) is 78.7 cm³/mol. The second-order valence-corrected chi connectivity index (χ2v) is 5.25. The van der Waals surface area contributed by atoms with Crippen molar-refractivity contribution in [2.75, 3.05) is 0 Å². The number of aromatic hydroxyl groups is 3. The summed E-state index contributed by atoms with van der Waals surface area (Å²) in [4.78, 5) is 11.9. The standard InChI is InChI=1S/C15H20N2O4/c18-12-8-10(9-13(19)14(12)20)15(21)17-16-11-6-4-2-1-3-5-7-11/h8-9,18-20H,1-7H2,(H,17,21). The molecule has 0 heterocycles. The summed E-state index contributed by atoms with van der Waals surface area (Å²) in [6.45, 7) is 0. The van der Waals surface area contributed by atoms with E-state index in [0.29, 0.717) is 0 Å². The Morgan fingerprint density at radius 1 is 0.952 bits per heavy atom. The number of phenolic OH excluding ortho intramolecular Hbond substituents is 3. The van der Waals surface area contributed by atoms with Gasteiger partial charge in [-0.3, -0.25) is 4.79 Å². The fraction of sp³-hybridized carbons (Fsp3) is 0.467. The zero-order valence-corrected chi connectivity index (χ0v) is 11.8. The smallest absolute Gasteiger partial charge is 0.271 e. The summed E-state index contributed by atoms with van der Waals surface area (Å²) >= 11 is 0. The highest BCUT2D eigenvalue weighted by molar-refractivity contribution is 5.96. The number of hydrogen-bond donors (Lipinski definition) is 4. The Kier molecular flexibility index (Phi) is 5.03. The Labute approximate surface area is 123 Å². The van der Waals surface area contributed by atoms with Gasteiger partial charge in [0.15, 0.2) is 17.2 Å². The largest absolute Gasteiger partial charge is 0.504 e. The van der Waals surface area contributed by atoms with E-state index in [9.17, 15) is 20.1 Å². The van der Waals surface area contributed by atoms with Crippen molar-refractivity contribution in [3.63, 3.8) is 0 Å². The summed E-state index contributed by atoms with van der Waals surface area (Å²) in [6.07, 6.45) is 7.55. The Morgan fingerprint density at radius 2 is 1.48 bits per heavy atom. The van der Waals surface area contributed by atoms with E-state index < -0.39 is 23.2 Å². The second-order valence-electron chi connectivity index (χ2n) is 5.25. The molecule has 21 heavy (non-hydrogen) atoms. The molecule has 0 spiro atoms. The fourth-order valence-corrected chi connectivity index (χ4v) is 2.35. The first-order chi connectivity index (χ1) is 10.1. The number of hydrogen-bond acceptors (Lipinski definition) is 5. The van der Waals surface area contributed by atoms with Crippen molar-refractivity contribution in [2.45, 2.75) is 44.9 Å². The molecule has 0 radical (unpaired) electrons. The quantitative estimate of drug-likeness (QED) is 0.497. The minimum Gasteiger partial charge on any atom is -0.504 e. The average molecular weight is 292 g/mol. The molecule has 4 N–H and O–H groups in total. The van der Waals surface area contributed by atoms with Crippen molar-refractivity contribution in [2.24, 2.45) is 5.10 Å². The van der Waals surface area contributed by atoms with E-state index in [-0.39, 0.29) is 5.56 Å². The molecule has 1 aliphatic rings. The Morgan fingerprint density at radius 3 is 2.05 bits per heavy atom. The third kappa shape index (κ3) is 4.11. The van der Waals surface area contributed by atoms with Crippen molar-refractivity contribution in [1.82, 2.24) is 5.43 Å². The van der Waals surface area contributed by atoms with Crippen LogP contribution in [0.15, 0.2) is 17.2 Å². The van der Waals surface area contributed by atoms with E-state index >= 15 is 0 Å². The molecule has 0 aliphatic heterocycles. The van der Waals surface area contributed by atoms with E-state index in [4.69, 9.17) is 0 Å². The van der Waals surface area contributed by atoms with Crippen LogP contribution in [0.5, 0.6) is 17.2 Å². The van der Waals surface area contributed by atoms with Crippen LogP contribution in [0, 0.1) is 0 Å². The number of carbonyl (C=O) groups excluding carboxylic acids is 1. The van der Waals surface area contributed by atoms with Gasteiger partial charge in [-0.05, 0) is 37.8 Å². The van der Waals surface area contributed by atoms with E-state index in [2.05, 4.69) is 10.5 Å². The highest BCUT2D eigenvalue weighted by Gasteiger charge is 2.13. The van der Waals surface area contributed by atoms with Gasteiger partial charge in [0.2, 0.25) is 0 Å². The third-order valence-corrected chi connectivity index (χ3v) is 3.58. The van der Waals surface area contributed by atoms with Gasteiger partial charge in [-0.15, -0.1) is 0 Å². The molecule has 1 aliphatic carbocycles. The number of nitrogens with one attached hydrogen (secondary N) is 1. The van der Waals surface area contributed by atoms with Gasteiger partial charge in [0, 0.05) is 11.3 Å². The lowest BCUT2D eigenvalue weighted by atomic mass is 9.99. The summed E-state index contributed by atoms with van der Waals surface area (Å²) in [5.41, 5.74) is 3.44. The van der Waals surface area contributed by atoms with E-state index in [1.165, 1.54) is 19.3 Å². The van der Waals surface area contributed by atoms with Crippen molar-refractivity contribution in [3.8, 4) is 17.2 Å². The minimum absolute atomic E-state index is 0.0398. The maximum absolute atomic E-state index is 11.9. The van der Waals surface area contributed by atoms with Crippen LogP contribution in [0.2, 0.25) is 0 Å². The first kappa shape index (κ1) is 15.2. The molecule has 1 aromatic rings. The van der Waals surface area contributed by atoms with E-state index in [0.717, 1.165) is 43.5 Å². The van der Waals surface area contributed by atoms with Crippen molar-refractivity contribution >= 4 is 11.6 Å². The van der Waals surface area contributed by atoms with Crippen LogP contribution >= 0.6 is 0 Å². The molecular formula is C15H20N2O4. The van der Waals surface area contributed by atoms with Crippen LogP contribution in [0.3, 0.4) is 0 Å². The SMILES string of the molecule is O=C(NN=C1CCCCCCC1)c1cc(O)c(O)c(O)c1. The molecule has 0 saturated heterocycles. The third-order valence-electron chi connectivity index (χ3n) is 3.58. The average Bonchev–Trinajstić information content (AvgIpc) is 2.42. The van der Waals surface area contributed by atoms with Crippen LogP contribution in [-0.4, -0.2) is 26.9 Å². The molecule has 114 valence electrons. The zero-order valence-electron chi connectivity index (χ0n) is 11.8. The summed E-state index contributed by atoms with van der Waals surface area (Å²) in [5.74, 6) is -2.26. The van der Waals surface area contributed by atoms with E-state index in [1.807, 2.05) is 0 Å². The number of carbonyl (C=O) groups is 1. The van der Waals surface area contributed by atoms with Crippen LogP contribution < -0.4 is 5.43 Å². The molecule has 0 aromatic heterocycles. The van der Waals surface area contributed by atoms with Crippen LogP contribution in [-0.2, 0) is 0 Å². The van der Waals surface area contributed by atoms with Crippen molar-refractivity contribution < 1.29 is 20.1 Å². The second kappa shape index (κ2) is 6.97. The number of benzene rings is 1. The maximum Gasteiger partial charge on any atom is 0.271 e. The monoisotopic (exact) mass is 292 g/mol. The van der Waals surface area contributed by atoms with Gasteiger partial charge in [0.1, 0.15) is 0 Å². The Bertz CT molecular complexity index is 522. The predicted octanol–water partition coefficient (Wildman–Crippen LogP) is 2.63. The number of nitrogens with zero attached hydrogens (tertiary/aromatic N) is 1. The first-order valence-electron chi connectivity index (χ1n) is 7.18. The van der Waals surface area contributed by atoms with Crippen LogP contribution in [0.1, 0.15) is 55.3 Å². The number of amides is 1. The lowest BCUT2D eigenvalue weighted by Crippen LogP contribution is -2.20. The molecule has 6 heteroatoms. The zero-order chi connectivity index (χ0) is 15.2. The number of hydrazone groups is 1. The topological polar surface area (TPSA) is 102 Å². The summed E-state index contributed by atoms with van der Waals surface area (Å²) < 4.78 is 0. The van der Waals surface area contributed by atoms with E-state index in [1.54, 1.807) is 0 Å². The molecule has 1 fully saturated rings. The molecule has 0 unspecified atom stereocenters. The Hall–Kier alpha value is -2.24. The van der Waals surface area contributed by atoms with Gasteiger partial charge in [-0.25, -0.2) is 5.43 Å². The number of phenols is 3. The highest BCUT2D eigenvalue weighted by atomic mass is 16.3. The van der Waals surface area contributed by atoms with Gasteiger partial charge in [0.25, 0.3) is 5.91 Å². The van der Waals surface area contributed by atoms with Gasteiger partial charge >= 0.3 is 0 Å². The molecule has 2 rings (SSSR count). The van der Waals surface area contributed by atoms with Gasteiger partial charge in [-0.2, -0.15) is 5.10 Å². The molecule has 1 saturated carbocycles. The number of rotatable bonds is 2. The maximum atomic E-state index is 11.9. The summed E-state index contributed by atoms with van der Waals surface area (Å²) in [5, 5.41) is 32.2. The summed E-state index contributed by atoms with van der Waals surface area (Å²) in [6, 6.07) is 2.17. The normalized spacial score (nSPS) is 15.9.